The second-order valence-corrected chi connectivity index (χ2v) is 5.18. The van der Waals surface area contributed by atoms with Crippen LogP contribution in [0.15, 0.2) is 18.2 Å². The molecule has 1 aliphatic rings. The van der Waals surface area contributed by atoms with Crippen LogP contribution in [0.5, 0.6) is 0 Å². The summed E-state index contributed by atoms with van der Waals surface area (Å²) in [6, 6.07) is 5.56. The lowest BCUT2D eigenvalue weighted by Gasteiger charge is -2.21. The number of nitrogens with two attached hydrogens (primary N) is 1. The first kappa shape index (κ1) is 14.0. The maximum Gasteiger partial charge on any atom is 0.239 e. The molecule has 0 radical (unpaired) electrons. The number of primary amides is 1. The molecule has 4 nitrogen and oxygen atoms in total. The molecule has 1 heterocycles. The minimum Gasteiger partial charge on any atom is -0.377 e. The standard InChI is InChI=1S/C15H22N2O2/c1-10-5-3-6-11(2)13(10)14(15(16)18)17-9-12-7-4-8-19-12/h3,5-6,12,14,17H,4,7-9H2,1-2H3,(H2,16,18). The second-order valence-electron chi connectivity index (χ2n) is 5.18. The molecule has 0 bridgehead atoms. The summed E-state index contributed by atoms with van der Waals surface area (Å²) in [4.78, 5) is 11.7. The molecule has 0 aliphatic carbocycles. The van der Waals surface area contributed by atoms with E-state index in [4.69, 9.17) is 10.5 Å². The molecule has 0 aromatic heterocycles. The van der Waals surface area contributed by atoms with Gasteiger partial charge in [0.2, 0.25) is 5.91 Å². The van der Waals surface area contributed by atoms with Gasteiger partial charge in [-0.25, -0.2) is 0 Å². The van der Waals surface area contributed by atoms with Gasteiger partial charge in [0.05, 0.1) is 6.10 Å². The fourth-order valence-corrected chi connectivity index (χ4v) is 2.68. The molecule has 1 aliphatic heterocycles. The maximum atomic E-state index is 11.7. The van der Waals surface area contributed by atoms with E-state index in [1.165, 1.54) is 0 Å². The number of hydrogen-bond acceptors (Lipinski definition) is 3. The lowest BCUT2D eigenvalue weighted by molar-refractivity contribution is -0.120. The van der Waals surface area contributed by atoms with Crippen molar-refractivity contribution >= 4 is 5.91 Å². The Morgan fingerprint density at radius 2 is 2.16 bits per heavy atom. The maximum absolute atomic E-state index is 11.7. The average molecular weight is 262 g/mol. The number of ether oxygens (including phenoxy) is 1. The number of hydrogen-bond donors (Lipinski definition) is 2. The first-order valence-corrected chi connectivity index (χ1v) is 6.80. The molecule has 1 amide bonds. The molecule has 104 valence electrons. The van der Waals surface area contributed by atoms with Gasteiger partial charge in [0.1, 0.15) is 6.04 Å². The summed E-state index contributed by atoms with van der Waals surface area (Å²) in [6.45, 7) is 5.50. The summed E-state index contributed by atoms with van der Waals surface area (Å²) in [5.74, 6) is -0.338. The van der Waals surface area contributed by atoms with Crippen molar-refractivity contribution in [3.8, 4) is 0 Å². The van der Waals surface area contributed by atoms with Crippen LogP contribution >= 0.6 is 0 Å². The largest absolute Gasteiger partial charge is 0.377 e. The van der Waals surface area contributed by atoms with Crippen molar-refractivity contribution in [3.05, 3.63) is 34.9 Å². The zero-order valence-corrected chi connectivity index (χ0v) is 11.6. The molecule has 2 rings (SSSR count). The van der Waals surface area contributed by atoms with Crippen molar-refractivity contribution in [2.24, 2.45) is 5.73 Å². The van der Waals surface area contributed by atoms with Gasteiger partial charge in [0.15, 0.2) is 0 Å². The number of benzene rings is 1. The third kappa shape index (κ3) is 3.33. The van der Waals surface area contributed by atoms with Gasteiger partial charge in [-0.2, -0.15) is 0 Å². The Labute approximate surface area is 114 Å². The van der Waals surface area contributed by atoms with Gasteiger partial charge >= 0.3 is 0 Å². The van der Waals surface area contributed by atoms with E-state index in [0.29, 0.717) is 6.54 Å². The summed E-state index contributed by atoms with van der Waals surface area (Å²) in [5.41, 5.74) is 8.72. The summed E-state index contributed by atoms with van der Waals surface area (Å²) in [6.07, 6.45) is 2.34. The highest BCUT2D eigenvalue weighted by Crippen LogP contribution is 2.22. The number of nitrogens with one attached hydrogen (secondary N) is 1. The summed E-state index contributed by atoms with van der Waals surface area (Å²) < 4.78 is 5.56. The van der Waals surface area contributed by atoms with E-state index < -0.39 is 6.04 Å². The van der Waals surface area contributed by atoms with Crippen LogP contribution in [0.3, 0.4) is 0 Å². The Bertz CT molecular complexity index is 433. The third-order valence-corrected chi connectivity index (χ3v) is 3.69. The molecule has 1 fully saturated rings. The lowest BCUT2D eigenvalue weighted by Crippen LogP contribution is -2.38. The molecule has 19 heavy (non-hydrogen) atoms. The fraction of sp³-hybridized carbons (Fsp3) is 0.533. The highest BCUT2D eigenvalue weighted by atomic mass is 16.5. The molecule has 1 saturated heterocycles. The fourth-order valence-electron chi connectivity index (χ4n) is 2.68. The van der Waals surface area contributed by atoms with Gasteiger partial charge in [-0.05, 0) is 43.4 Å². The van der Waals surface area contributed by atoms with E-state index in [2.05, 4.69) is 5.32 Å². The molecule has 1 aromatic rings. The molecule has 3 N–H and O–H groups in total. The highest BCUT2D eigenvalue weighted by molar-refractivity contribution is 5.82. The van der Waals surface area contributed by atoms with Gasteiger partial charge < -0.3 is 10.5 Å². The molecular formula is C15H22N2O2. The van der Waals surface area contributed by atoms with E-state index in [0.717, 1.165) is 36.1 Å². The zero-order valence-electron chi connectivity index (χ0n) is 11.6. The number of aryl methyl sites for hydroxylation is 2. The highest BCUT2D eigenvalue weighted by Gasteiger charge is 2.23. The SMILES string of the molecule is Cc1cccc(C)c1C(NCC1CCCO1)C(N)=O. The molecule has 1 aromatic carbocycles. The molecule has 0 spiro atoms. The van der Waals surface area contributed by atoms with E-state index in [1.54, 1.807) is 0 Å². The van der Waals surface area contributed by atoms with Crippen molar-refractivity contribution < 1.29 is 9.53 Å². The number of amides is 1. The molecule has 4 heteroatoms. The summed E-state index contributed by atoms with van der Waals surface area (Å²) in [5, 5.41) is 3.26. The summed E-state index contributed by atoms with van der Waals surface area (Å²) in [7, 11) is 0. The molecule has 0 saturated carbocycles. The van der Waals surface area contributed by atoms with Crippen molar-refractivity contribution in [3.63, 3.8) is 0 Å². The lowest BCUT2D eigenvalue weighted by atomic mass is 9.95. The van der Waals surface area contributed by atoms with Crippen LogP contribution in [-0.2, 0) is 9.53 Å². The van der Waals surface area contributed by atoms with Crippen LogP contribution in [0.4, 0.5) is 0 Å². The van der Waals surface area contributed by atoms with Crippen LogP contribution < -0.4 is 11.1 Å². The van der Waals surface area contributed by atoms with Crippen molar-refractivity contribution in [1.82, 2.24) is 5.32 Å². The number of carbonyl (C=O) groups is 1. The molecular weight excluding hydrogens is 240 g/mol. The Hall–Kier alpha value is -1.39. The predicted octanol–water partition coefficient (Wildman–Crippen LogP) is 1.60. The van der Waals surface area contributed by atoms with E-state index in [1.807, 2.05) is 32.0 Å². The van der Waals surface area contributed by atoms with Crippen molar-refractivity contribution in [1.29, 1.82) is 0 Å². The Balaban J connectivity index is 2.13. The van der Waals surface area contributed by atoms with Crippen molar-refractivity contribution in [2.45, 2.75) is 38.8 Å². The van der Waals surface area contributed by atoms with Crippen LogP contribution in [0.1, 0.15) is 35.6 Å². The Morgan fingerprint density at radius 3 is 2.68 bits per heavy atom. The number of carbonyl (C=O) groups excluding carboxylic acids is 1. The topological polar surface area (TPSA) is 64.3 Å². The van der Waals surface area contributed by atoms with Gasteiger partial charge in [0.25, 0.3) is 0 Å². The van der Waals surface area contributed by atoms with Crippen LogP contribution in [-0.4, -0.2) is 25.2 Å². The number of rotatable bonds is 5. The Kier molecular flexibility index (Phi) is 4.56. The first-order valence-electron chi connectivity index (χ1n) is 6.80. The minimum atomic E-state index is -0.439. The van der Waals surface area contributed by atoms with E-state index in [-0.39, 0.29) is 12.0 Å². The van der Waals surface area contributed by atoms with Gasteiger partial charge in [-0.3, -0.25) is 10.1 Å². The average Bonchev–Trinajstić information content (AvgIpc) is 2.85. The first-order chi connectivity index (χ1) is 9.09. The molecule has 2 atom stereocenters. The van der Waals surface area contributed by atoms with Crippen LogP contribution in [0, 0.1) is 13.8 Å². The minimum absolute atomic E-state index is 0.200. The summed E-state index contributed by atoms with van der Waals surface area (Å²) >= 11 is 0. The second kappa shape index (κ2) is 6.17. The zero-order chi connectivity index (χ0) is 13.8. The van der Waals surface area contributed by atoms with Gasteiger partial charge in [-0.1, -0.05) is 18.2 Å². The van der Waals surface area contributed by atoms with Crippen LogP contribution in [0.2, 0.25) is 0 Å². The quantitative estimate of drug-likeness (QED) is 0.847. The van der Waals surface area contributed by atoms with Crippen LogP contribution in [0.25, 0.3) is 0 Å². The predicted molar refractivity (Wildman–Crippen MR) is 74.8 cm³/mol. The van der Waals surface area contributed by atoms with E-state index >= 15 is 0 Å². The van der Waals surface area contributed by atoms with E-state index in [9.17, 15) is 4.79 Å². The van der Waals surface area contributed by atoms with Crippen molar-refractivity contribution in [2.75, 3.05) is 13.2 Å². The Morgan fingerprint density at radius 1 is 1.47 bits per heavy atom. The van der Waals surface area contributed by atoms with Gasteiger partial charge in [-0.15, -0.1) is 0 Å². The monoisotopic (exact) mass is 262 g/mol. The normalized spacial score (nSPS) is 20.4. The van der Waals surface area contributed by atoms with Gasteiger partial charge in [0, 0.05) is 13.2 Å². The smallest absolute Gasteiger partial charge is 0.239 e. The third-order valence-electron chi connectivity index (χ3n) is 3.69. The molecule has 2 unspecified atom stereocenters.